The quantitative estimate of drug-likeness (QED) is 0.304. The number of halogens is 1. The highest BCUT2D eigenvalue weighted by atomic mass is 79.9. The predicted octanol–water partition coefficient (Wildman–Crippen LogP) is 5.70. The molecule has 0 spiro atoms. The summed E-state index contributed by atoms with van der Waals surface area (Å²) in [6, 6.07) is 14.8. The number of urea groups is 1. The molecular weight excluding hydrogens is 514 g/mol. The van der Waals surface area contributed by atoms with Gasteiger partial charge in [-0.1, -0.05) is 34.1 Å². The van der Waals surface area contributed by atoms with Gasteiger partial charge in [0.25, 0.3) is 0 Å². The number of nitrogens with zero attached hydrogens (tertiary/aromatic N) is 4. The second kappa shape index (κ2) is 9.62. The summed E-state index contributed by atoms with van der Waals surface area (Å²) in [5.41, 5.74) is 9.61. The Morgan fingerprint density at radius 1 is 1.12 bits per heavy atom. The number of amides is 2. The molecule has 8 nitrogen and oxygen atoms in total. The van der Waals surface area contributed by atoms with Gasteiger partial charge in [0, 0.05) is 38.7 Å². The van der Waals surface area contributed by atoms with Crippen molar-refractivity contribution in [1.29, 1.82) is 0 Å². The summed E-state index contributed by atoms with van der Waals surface area (Å²) in [6.07, 6.45) is 7.23. The van der Waals surface area contributed by atoms with Crippen LogP contribution >= 0.6 is 27.3 Å². The number of fused-ring (bicyclic) bond motifs is 1. The maximum Gasteiger partial charge on any atom is 0.323 e. The van der Waals surface area contributed by atoms with E-state index in [2.05, 4.69) is 46.4 Å². The fraction of sp³-hybridized carbons (Fsp3) is 0.0833. The number of aromatic nitrogens is 2. The summed E-state index contributed by atoms with van der Waals surface area (Å²) in [4.78, 5) is 29.5. The number of nitrogen functional groups attached to an aromatic ring is 1. The molecule has 5 rings (SSSR count). The van der Waals surface area contributed by atoms with Crippen LogP contribution in [0.2, 0.25) is 0 Å². The molecule has 170 valence electrons. The Kier molecular flexibility index (Phi) is 6.24. The molecule has 4 N–H and O–H groups in total. The number of hydrogen-bond donors (Lipinski definition) is 3. The second-order valence-electron chi connectivity index (χ2n) is 7.57. The Balaban J connectivity index is 1.41. The van der Waals surface area contributed by atoms with E-state index in [4.69, 9.17) is 5.73 Å². The second-order valence-corrected chi connectivity index (χ2v) is 9.57. The van der Waals surface area contributed by atoms with Crippen LogP contribution in [0.15, 0.2) is 76.6 Å². The van der Waals surface area contributed by atoms with Crippen molar-refractivity contribution in [2.24, 2.45) is 4.99 Å². The van der Waals surface area contributed by atoms with E-state index in [9.17, 15) is 4.79 Å². The highest BCUT2D eigenvalue weighted by Gasteiger charge is 2.19. The summed E-state index contributed by atoms with van der Waals surface area (Å²) in [5, 5.41) is 6.54. The number of aliphatic imine (C=N–C) groups is 1. The Morgan fingerprint density at radius 3 is 2.71 bits per heavy atom. The first-order valence-corrected chi connectivity index (χ1v) is 12.0. The van der Waals surface area contributed by atoms with Crippen molar-refractivity contribution in [3.05, 3.63) is 76.5 Å². The van der Waals surface area contributed by atoms with Crippen LogP contribution in [0.4, 0.5) is 22.0 Å². The SMILES string of the molecule is Nc1ncnc2sc(CN3C=CC=NC3)c(-c3ccc(NC(=O)Nc4cccc(Br)c4)cc3)c12. The molecular formula is C24H20BrN7OS. The molecule has 0 fully saturated rings. The summed E-state index contributed by atoms with van der Waals surface area (Å²) in [7, 11) is 0. The molecule has 0 saturated heterocycles. The lowest BCUT2D eigenvalue weighted by Crippen LogP contribution is -2.19. The molecule has 0 unspecified atom stereocenters. The smallest absolute Gasteiger partial charge is 0.323 e. The lowest BCUT2D eigenvalue weighted by atomic mass is 10.0. The molecule has 3 heterocycles. The third kappa shape index (κ3) is 4.78. The summed E-state index contributed by atoms with van der Waals surface area (Å²) < 4.78 is 0.892. The van der Waals surface area contributed by atoms with Gasteiger partial charge in [-0.3, -0.25) is 4.99 Å². The zero-order chi connectivity index (χ0) is 23.5. The summed E-state index contributed by atoms with van der Waals surface area (Å²) >= 11 is 5.00. The van der Waals surface area contributed by atoms with Crippen molar-refractivity contribution < 1.29 is 4.79 Å². The van der Waals surface area contributed by atoms with Crippen molar-refractivity contribution in [3.63, 3.8) is 0 Å². The number of anilines is 3. The van der Waals surface area contributed by atoms with Crippen LogP contribution in [0, 0.1) is 0 Å². The molecule has 0 bridgehead atoms. The van der Waals surface area contributed by atoms with Crippen LogP contribution in [0.3, 0.4) is 0 Å². The first-order chi connectivity index (χ1) is 16.6. The van der Waals surface area contributed by atoms with E-state index in [1.807, 2.05) is 60.8 Å². The molecule has 4 aromatic rings. The minimum Gasteiger partial charge on any atom is -0.383 e. The molecule has 1 aliphatic rings. The molecule has 0 aliphatic carbocycles. The maximum atomic E-state index is 12.4. The maximum absolute atomic E-state index is 12.4. The van der Waals surface area contributed by atoms with Gasteiger partial charge >= 0.3 is 6.03 Å². The Morgan fingerprint density at radius 2 is 1.94 bits per heavy atom. The zero-order valence-electron chi connectivity index (χ0n) is 17.9. The Bertz CT molecular complexity index is 1410. The highest BCUT2D eigenvalue weighted by molar-refractivity contribution is 9.10. The molecule has 2 aromatic carbocycles. The van der Waals surface area contributed by atoms with Crippen molar-refractivity contribution in [2.75, 3.05) is 23.0 Å². The Hall–Kier alpha value is -3.76. The number of carbonyl (C=O) groups excluding carboxylic acids is 1. The van der Waals surface area contributed by atoms with Gasteiger partial charge in [-0.05, 0) is 42.0 Å². The van der Waals surface area contributed by atoms with Crippen molar-refractivity contribution in [3.8, 4) is 11.1 Å². The fourth-order valence-electron chi connectivity index (χ4n) is 3.71. The van der Waals surface area contributed by atoms with Gasteiger partial charge < -0.3 is 21.3 Å². The summed E-state index contributed by atoms with van der Waals surface area (Å²) in [6.45, 7) is 1.28. The van der Waals surface area contributed by atoms with Crippen LogP contribution in [0.5, 0.6) is 0 Å². The van der Waals surface area contributed by atoms with Crippen molar-refractivity contribution >= 4 is 66.9 Å². The van der Waals surface area contributed by atoms with E-state index in [0.717, 1.165) is 30.7 Å². The monoisotopic (exact) mass is 533 g/mol. The van der Waals surface area contributed by atoms with Crippen LogP contribution in [0.1, 0.15) is 4.88 Å². The number of hydrogen-bond acceptors (Lipinski definition) is 7. The van der Waals surface area contributed by atoms with Gasteiger partial charge in [0.1, 0.15) is 23.6 Å². The number of rotatable bonds is 5. The van der Waals surface area contributed by atoms with Gasteiger partial charge in [0.15, 0.2) is 0 Å². The lowest BCUT2D eigenvalue weighted by Gasteiger charge is -2.20. The average Bonchev–Trinajstić information content (AvgIpc) is 3.19. The molecule has 2 amide bonds. The average molecular weight is 534 g/mol. The number of carbonyl (C=O) groups is 1. The number of nitrogens with two attached hydrogens (primary N) is 1. The standard InChI is InChI=1S/C24H20BrN7OS/c25-16-3-1-4-18(11-16)31-24(33)30-17-7-5-15(6-8-17)20-19(12-32-10-2-9-27-14-32)34-23-21(20)22(26)28-13-29-23/h1-11,13H,12,14H2,(H2,26,28,29)(H2,30,31,33). The van der Waals surface area contributed by atoms with Gasteiger partial charge in [-0.2, -0.15) is 0 Å². The van der Waals surface area contributed by atoms with Crippen LogP contribution < -0.4 is 16.4 Å². The first kappa shape index (κ1) is 22.1. The molecule has 2 aromatic heterocycles. The van der Waals surface area contributed by atoms with Gasteiger partial charge in [0.05, 0.1) is 11.9 Å². The van der Waals surface area contributed by atoms with E-state index >= 15 is 0 Å². The number of nitrogens with one attached hydrogen (secondary N) is 2. The lowest BCUT2D eigenvalue weighted by molar-refractivity contribution is 0.262. The van der Waals surface area contributed by atoms with Crippen molar-refractivity contribution in [1.82, 2.24) is 14.9 Å². The first-order valence-electron chi connectivity index (χ1n) is 10.4. The number of thiophene rings is 1. The van der Waals surface area contributed by atoms with Gasteiger partial charge in [-0.25, -0.2) is 14.8 Å². The van der Waals surface area contributed by atoms with E-state index < -0.39 is 0 Å². The Labute approximate surface area is 208 Å². The van der Waals surface area contributed by atoms with E-state index in [1.165, 1.54) is 6.33 Å². The molecule has 0 radical (unpaired) electrons. The summed E-state index contributed by atoms with van der Waals surface area (Å²) in [5.74, 6) is 0.449. The fourth-order valence-corrected chi connectivity index (χ4v) is 5.30. The highest BCUT2D eigenvalue weighted by Crippen LogP contribution is 2.41. The van der Waals surface area contributed by atoms with E-state index in [1.54, 1.807) is 17.6 Å². The van der Waals surface area contributed by atoms with Crippen molar-refractivity contribution in [2.45, 2.75) is 6.54 Å². The topological polar surface area (TPSA) is 109 Å². The van der Waals surface area contributed by atoms with Crippen LogP contribution in [-0.4, -0.2) is 33.8 Å². The molecule has 1 aliphatic heterocycles. The minimum atomic E-state index is -0.317. The zero-order valence-corrected chi connectivity index (χ0v) is 20.3. The van der Waals surface area contributed by atoms with Crippen LogP contribution in [-0.2, 0) is 6.54 Å². The molecule has 0 atom stereocenters. The minimum absolute atomic E-state index is 0.317. The molecule has 0 saturated carbocycles. The van der Waals surface area contributed by atoms with E-state index in [0.29, 0.717) is 30.4 Å². The van der Waals surface area contributed by atoms with Gasteiger partial charge in [-0.15, -0.1) is 11.3 Å². The predicted molar refractivity (Wildman–Crippen MR) is 142 cm³/mol. The molecule has 10 heteroatoms. The van der Waals surface area contributed by atoms with Gasteiger partial charge in [0.2, 0.25) is 0 Å². The largest absolute Gasteiger partial charge is 0.383 e. The van der Waals surface area contributed by atoms with Crippen LogP contribution in [0.25, 0.3) is 21.3 Å². The number of benzene rings is 2. The molecule has 34 heavy (non-hydrogen) atoms. The third-order valence-corrected chi connectivity index (χ3v) is 6.78. The third-order valence-electron chi connectivity index (χ3n) is 5.20. The number of allylic oxidation sites excluding steroid dienone is 1. The normalized spacial score (nSPS) is 12.8. The van der Waals surface area contributed by atoms with E-state index in [-0.39, 0.29) is 6.03 Å².